The van der Waals surface area contributed by atoms with Gasteiger partial charge in [-0.3, -0.25) is 19.8 Å². The Bertz CT molecular complexity index is 474. The van der Waals surface area contributed by atoms with Gasteiger partial charge in [0.15, 0.2) is 11.6 Å². The lowest BCUT2D eigenvalue weighted by molar-refractivity contribution is -0.147. The third-order valence-electron chi connectivity index (χ3n) is 2.75. The van der Waals surface area contributed by atoms with Crippen LogP contribution in [-0.2, 0) is 16.1 Å². The van der Waals surface area contributed by atoms with E-state index in [0.29, 0.717) is 0 Å². The summed E-state index contributed by atoms with van der Waals surface area (Å²) < 4.78 is 18.7. The molecule has 1 fully saturated rings. The van der Waals surface area contributed by atoms with Gasteiger partial charge in [-0.05, 0) is 6.07 Å². The second kappa shape index (κ2) is 5.14. The number of hydrogen-bond donors (Lipinski definition) is 1. The average molecular weight is 252 g/mol. The number of ether oxygens (including phenoxy) is 1. The fourth-order valence-electron chi connectivity index (χ4n) is 1.79. The fourth-order valence-corrected chi connectivity index (χ4v) is 1.79. The second-order valence-corrected chi connectivity index (χ2v) is 3.91. The molecule has 0 saturated carbocycles. The van der Waals surface area contributed by atoms with Crippen LogP contribution in [0.5, 0.6) is 5.75 Å². The van der Waals surface area contributed by atoms with Crippen molar-refractivity contribution in [2.75, 3.05) is 20.2 Å². The highest BCUT2D eigenvalue weighted by Gasteiger charge is 2.26. The maximum Gasteiger partial charge on any atom is 0.243 e. The largest absolute Gasteiger partial charge is 0.494 e. The molecule has 2 amide bonds. The molecule has 0 atom stereocenters. The fraction of sp³-hybridized carbons (Fsp3) is 0.333. The lowest BCUT2D eigenvalue weighted by Crippen LogP contribution is -2.51. The molecule has 18 heavy (non-hydrogen) atoms. The minimum atomic E-state index is -0.542. The predicted octanol–water partition coefficient (Wildman–Crippen LogP) is 0.293. The smallest absolute Gasteiger partial charge is 0.243 e. The van der Waals surface area contributed by atoms with Crippen LogP contribution in [0.25, 0.3) is 0 Å². The Labute approximate surface area is 104 Å². The number of methoxy groups -OCH3 is 1. The van der Waals surface area contributed by atoms with Gasteiger partial charge < -0.3 is 4.74 Å². The van der Waals surface area contributed by atoms with Crippen molar-refractivity contribution in [3.8, 4) is 5.75 Å². The van der Waals surface area contributed by atoms with Crippen molar-refractivity contribution >= 4 is 11.8 Å². The third-order valence-corrected chi connectivity index (χ3v) is 2.75. The van der Waals surface area contributed by atoms with Crippen LogP contribution < -0.4 is 10.1 Å². The van der Waals surface area contributed by atoms with Crippen molar-refractivity contribution in [2.24, 2.45) is 0 Å². The number of benzene rings is 1. The van der Waals surface area contributed by atoms with Gasteiger partial charge in [0.25, 0.3) is 0 Å². The van der Waals surface area contributed by atoms with Gasteiger partial charge in [0.05, 0.1) is 26.7 Å². The molecule has 5 nitrogen and oxygen atoms in total. The number of carbonyl (C=O) groups is 2. The lowest BCUT2D eigenvalue weighted by Gasteiger charge is -2.25. The number of halogens is 1. The molecule has 0 bridgehead atoms. The normalized spacial score (nSPS) is 16.0. The van der Waals surface area contributed by atoms with E-state index in [1.54, 1.807) is 6.07 Å². The van der Waals surface area contributed by atoms with E-state index >= 15 is 0 Å². The molecule has 0 aromatic heterocycles. The zero-order valence-electron chi connectivity index (χ0n) is 9.90. The Morgan fingerprint density at radius 1 is 1.33 bits per heavy atom. The highest BCUT2D eigenvalue weighted by atomic mass is 19.1. The first-order chi connectivity index (χ1) is 8.63. The van der Waals surface area contributed by atoms with Gasteiger partial charge in [-0.1, -0.05) is 12.1 Å². The zero-order valence-corrected chi connectivity index (χ0v) is 9.90. The minimum Gasteiger partial charge on any atom is -0.494 e. The van der Waals surface area contributed by atoms with Gasteiger partial charge in [-0.15, -0.1) is 0 Å². The predicted molar refractivity (Wildman–Crippen MR) is 61.4 cm³/mol. The van der Waals surface area contributed by atoms with E-state index in [2.05, 4.69) is 5.32 Å². The van der Waals surface area contributed by atoms with Crippen LogP contribution in [0.1, 0.15) is 5.56 Å². The van der Waals surface area contributed by atoms with Crippen molar-refractivity contribution < 1.29 is 18.7 Å². The first kappa shape index (κ1) is 12.5. The monoisotopic (exact) mass is 252 g/mol. The van der Waals surface area contributed by atoms with Crippen molar-refractivity contribution in [1.82, 2.24) is 10.2 Å². The average Bonchev–Trinajstić information content (AvgIpc) is 2.36. The molecule has 0 unspecified atom stereocenters. The number of carbonyl (C=O) groups excluding carboxylic acids is 2. The van der Waals surface area contributed by atoms with Gasteiger partial charge in [0.1, 0.15) is 0 Å². The molecule has 6 heteroatoms. The van der Waals surface area contributed by atoms with Gasteiger partial charge in [-0.25, -0.2) is 4.39 Å². The van der Waals surface area contributed by atoms with E-state index in [1.165, 1.54) is 19.2 Å². The molecule has 1 N–H and O–H groups in total. The van der Waals surface area contributed by atoms with Crippen molar-refractivity contribution in [3.05, 3.63) is 29.6 Å². The van der Waals surface area contributed by atoms with Gasteiger partial charge in [0, 0.05) is 5.56 Å². The van der Waals surface area contributed by atoms with Gasteiger partial charge >= 0.3 is 0 Å². The number of nitrogens with zero attached hydrogens (tertiary/aromatic N) is 1. The van der Waals surface area contributed by atoms with Crippen LogP contribution in [0.15, 0.2) is 18.2 Å². The van der Waals surface area contributed by atoms with E-state index in [-0.39, 0.29) is 42.8 Å². The first-order valence-electron chi connectivity index (χ1n) is 5.48. The first-order valence-corrected chi connectivity index (χ1v) is 5.48. The van der Waals surface area contributed by atoms with Crippen LogP contribution in [0.4, 0.5) is 4.39 Å². The SMILES string of the molecule is COc1cccc(CN2C(=O)CNCC2=O)c1F. The summed E-state index contributed by atoms with van der Waals surface area (Å²) in [5, 5.41) is 2.68. The Kier molecular flexibility index (Phi) is 3.57. The number of amides is 2. The summed E-state index contributed by atoms with van der Waals surface area (Å²) in [7, 11) is 1.36. The van der Waals surface area contributed by atoms with E-state index in [9.17, 15) is 14.0 Å². The molecule has 1 saturated heterocycles. The lowest BCUT2D eigenvalue weighted by atomic mass is 10.1. The van der Waals surface area contributed by atoms with Crippen molar-refractivity contribution in [3.63, 3.8) is 0 Å². The summed E-state index contributed by atoms with van der Waals surface area (Å²) in [4.78, 5) is 24.2. The molecule has 1 aromatic rings. The molecular formula is C12H13FN2O3. The molecule has 0 aliphatic carbocycles. The van der Waals surface area contributed by atoms with Crippen molar-refractivity contribution in [2.45, 2.75) is 6.54 Å². The molecule has 1 heterocycles. The van der Waals surface area contributed by atoms with Crippen molar-refractivity contribution in [1.29, 1.82) is 0 Å². The maximum atomic E-state index is 13.9. The Morgan fingerprint density at radius 2 is 2.00 bits per heavy atom. The summed E-state index contributed by atoms with van der Waals surface area (Å²) in [6.45, 7) is 0.122. The summed E-state index contributed by atoms with van der Waals surface area (Å²) in [5.41, 5.74) is 0.262. The Balaban J connectivity index is 2.23. The van der Waals surface area contributed by atoms with Crippen LogP contribution in [-0.4, -0.2) is 36.9 Å². The topological polar surface area (TPSA) is 58.6 Å². The Hall–Kier alpha value is -1.95. The molecule has 1 aromatic carbocycles. The molecule has 2 rings (SSSR count). The summed E-state index contributed by atoms with van der Waals surface area (Å²) in [6.07, 6.45) is 0. The number of hydrogen-bond acceptors (Lipinski definition) is 4. The van der Waals surface area contributed by atoms with Crippen LogP contribution in [0.2, 0.25) is 0 Å². The number of imide groups is 1. The Morgan fingerprint density at radius 3 is 2.61 bits per heavy atom. The molecule has 0 radical (unpaired) electrons. The zero-order chi connectivity index (χ0) is 13.1. The quantitative estimate of drug-likeness (QED) is 0.786. The maximum absolute atomic E-state index is 13.9. The highest BCUT2D eigenvalue weighted by molar-refractivity contribution is 5.99. The van der Waals surface area contributed by atoms with E-state index < -0.39 is 5.82 Å². The summed E-state index contributed by atoms with van der Waals surface area (Å²) in [6, 6.07) is 4.63. The van der Waals surface area contributed by atoms with Crippen LogP contribution >= 0.6 is 0 Å². The van der Waals surface area contributed by atoms with Crippen LogP contribution in [0.3, 0.4) is 0 Å². The van der Waals surface area contributed by atoms with Gasteiger partial charge in [-0.2, -0.15) is 0 Å². The molecule has 1 aliphatic heterocycles. The van der Waals surface area contributed by atoms with E-state index in [0.717, 1.165) is 4.90 Å². The van der Waals surface area contributed by atoms with E-state index in [1.807, 2.05) is 0 Å². The number of nitrogens with one attached hydrogen (secondary N) is 1. The standard InChI is InChI=1S/C12H13FN2O3/c1-18-9-4-2-3-8(12(9)13)7-15-10(16)5-14-6-11(15)17/h2-4,14H,5-7H2,1H3. The van der Waals surface area contributed by atoms with E-state index in [4.69, 9.17) is 4.74 Å². The summed E-state index contributed by atoms with van der Waals surface area (Å²) in [5.74, 6) is -1.15. The van der Waals surface area contributed by atoms with Gasteiger partial charge in [0.2, 0.25) is 11.8 Å². The third kappa shape index (κ3) is 2.33. The molecule has 1 aliphatic rings. The molecule has 96 valence electrons. The number of piperazine rings is 1. The molecular weight excluding hydrogens is 239 g/mol. The van der Waals surface area contributed by atoms with Crippen LogP contribution in [0, 0.1) is 5.82 Å². The highest BCUT2D eigenvalue weighted by Crippen LogP contribution is 2.21. The molecule has 0 spiro atoms. The second-order valence-electron chi connectivity index (χ2n) is 3.91. The number of rotatable bonds is 3. The summed E-state index contributed by atoms with van der Waals surface area (Å²) >= 11 is 0. The minimum absolute atomic E-state index is 0.0671.